The molecule has 2 atom stereocenters. The van der Waals surface area contributed by atoms with Crippen molar-refractivity contribution in [2.45, 2.75) is 220 Å². The zero-order valence-electron chi connectivity index (χ0n) is 42.3. The molecule has 372 valence electrons. The summed E-state index contributed by atoms with van der Waals surface area (Å²) in [6.45, 7) is 17.8. The summed E-state index contributed by atoms with van der Waals surface area (Å²) in [5, 5.41) is 0. The van der Waals surface area contributed by atoms with Crippen molar-refractivity contribution in [1.82, 2.24) is 0 Å². The normalized spacial score (nSPS) is 16.1. The van der Waals surface area contributed by atoms with E-state index in [0.717, 1.165) is 88.2 Å². The van der Waals surface area contributed by atoms with Gasteiger partial charge in [0.25, 0.3) is 0 Å². The lowest BCUT2D eigenvalue weighted by Gasteiger charge is -2.28. The minimum absolute atomic E-state index is 0.568. The van der Waals surface area contributed by atoms with Gasteiger partial charge in [0, 0.05) is 51.7 Å². The van der Waals surface area contributed by atoms with Gasteiger partial charge in [0.15, 0.2) is 0 Å². The molecule has 2 aliphatic heterocycles. The van der Waals surface area contributed by atoms with Crippen molar-refractivity contribution in [2.75, 3.05) is 52.9 Å². The molecule has 2 heterocycles. The minimum atomic E-state index is -2.74. The van der Waals surface area contributed by atoms with Crippen LogP contribution < -0.4 is 4.74 Å². The van der Waals surface area contributed by atoms with Gasteiger partial charge in [-0.25, -0.2) is 0 Å². The lowest BCUT2D eigenvalue weighted by molar-refractivity contribution is 0.0700. The first kappa shape index (κ1) is 55.9. The summed E-state index contributed by atoms with van der Waals surface area (Å²) in [6.07, 6.45) is 30.1. The summed E-state index contributed by atoms with van der Waals surface area (Å²) in [7, 11) is -5.48. The molecule has 2 saturated heterocycles. The molecule has 11 heteroatoms. The van der Waals surface area contributed by atoms with Crippen LogP contribution in [0.15, 0.2) is 36.4 Å². The van der Waals surface area contributed by atoms with E-state index in [1.807, 2.05) is 41.5 Å². The van der Waals surface area contributed by atoms with Crippen LogP contribution in [-0.4, -0.2) is 82.7 Å². The van der Waals surface area contributed by atoms with Gasteiger partial charge < -0.3 is 40.8 Å². The zero-order chi connectivity index (χ0) is 46.3. The predicted molar refractivity (Wildman–Crippen MR) is 270 cm³/mol. The molecule has 0 saturated carbocycles. The van der Waals surface area contributed by atoms with Crippen LogP contribution in [0.4, 0.5) is 0 Å². The molecule has 0 spiro atoms. The number of epoxide rings is 2. The van der Waals surface area contributed by atoms with Gasteiger partial charge >= 0.3 is 17.6 Å². The second-order valence-electron chi connectivity index (χ2n) is 18.2. The van der Waals surface area contributed by atoms with Crippen molar-refractivity contribution >= 4 is 17.6 Å². The fourth-order valence-electron chi connectivity index (χ4n) is 9.50. The molecule has 0 aliphatic carbocycles. The van der Waals surface area contributed by atoms with Crippen LogP contribution in [0.3, 0.4) is 0 Å². The predicted octanol–water partition coefficient (Wildman–Crippen LogP) is 14.3. The molecule has 0 aromatic heterocycles. The van der Waals surface area contributed by atoms with E-state index < -0.39 is 17.6 Å². The minimum Gasteiger partial charge on any atom is -0.457 e. The maximum Gasteiger partial charge on any atom is 0.500 e. The molecule has 2 unspecified atom stereocenters. The van der Waals surface area contributed by atoms with E-state index in [4.69, 9.17) is 40.8 Å². The van der Waals surface area contributed by atoms with Gasteiger partial charge in [-0.2, -0.15) is 0 Å². The number of benzene rings is 2. The number of ether oxygens (including phenoxy) is 3. The van der Waals surface area contributed by atoms with Gasteiger partial charge in [-0.1, -0.05) is 114 Å². The molecular formula is C54H94O9Si2. The van der Waals surface area contributed by atoms with E-state index in [1.165, 1.54) is 125 Å². The van der Waals surface area contributed by atoms with Gasteiger partial charge in [0.05, 0.1) is 25.4 Å². The van der Waals surface area contributed by atoms with E-state index in [-0.39, 0.29) is 0 Å². The van der Waals surface area contributed by atoms with Crippen molar-refractivity contribution < 1.29 is 40.8 Å². The fourth-order valence-corrected chi connectivity index (χ4v) is 14.7. The molecule has 2 fully saturated rings. The quantitative estimate of drug-likeness (QED) is 0.0366. The van der Waals surface area contributed by atoms with Crippen molar-refractivity contribution in [3.8, 4) is 11.5 Å². The molecule has 0 amide bonds. The Morgan fingerprint density at radius 1 is 0.400 bits per heavy atom. The summed E-state index contributed by atoms with van der Waals surface area (Å²) < 4.78 is 55.6. The summed E-state index contributed by atoms with van der Waals surface area (Å²) in [4.78, 5) is 0. The van der Waals surface area contributed by atoms with Crippen molar-refractivity contribution in [1.29, 1.82) is 0 Å². The molecule has 0 bridgehead atoms. The van der Waals surface area contributed by atoms with Crippen LogP contribution in [-0.2, 0) is 61.7 Å². The highest BCUT2D eigenvalue weighted by Crippen LogP contribution is 2.36. The topological polar surface area (TPSA) is 89.7 Å². The number of hydrogen-bond donors (Lipinski definition) is 0. The Bertz CT molecular complexity index is 1360. The fraction of sp³-hybridized carbons (Fsp3) is 0.778. The van der Waals surface area contributed by atoms with Gasteiger partial charge in [-0.05, 0) is 140 Å². The summed E-state index contributed by atoms with van der Waals surface area (Å²) >= 11 is 0. The zero-order valence-corrected chi connectivity index (χ0v) is 44.3. The Hall–Kier alpha value is -1.65. The Labute approximate surface area is 399 Å². The van der Waals surface area contributed by atoms with E-state index in [2.05, 4.69) is 36.4 Å². The third kappa shape index (κ3) is 22.6. The average molecular weight is 944 g/mol. The van der Waals surface area contributed by atoms with Gasteiger partial charge in [0.2, 0.25) is 0 Å². The van der Waals surface area contributed by atoms with E-state index in [9.17, 15) is 0 Å². The van der Waals surface area contributed by atoms with Crippen molar-refractivity contribution in [2.24, 2.45) is 0 Å². The number of unbranched alkanes of at least 4 members (excludes halogenated alkanes) is 14. The molecule has 0 N–H and O–H groups in total. The molecule has 2 aliphatic rings. The van der Waals surface area contributed by atoms with Gasteiger partial charge in [-0.15, -0.1) is 0 Å². The molecule has 0 radical (unpaired) electrons. The van der Waals surface area contributed by atoms with Crippen molar-refractivity contribution in [3.05, 3.63) is 58.7 Å². The van der Waals surface area contributed by atoms with Gasteiger partial charge in [0.1, 0.15) is 11.5 Å². The lowest BCUT2D eigenvalue weighted by atomic mass is 9.95. The number of hydrogen-bond acceptors (Lipinski definition) is 9. The summed E-state index contributed by atoms with van der Waals surface area (Å²) in [5.74, 6) is 2.01. The largest absolute Gasteiger partial charge is 0.500 e. The summed E-state index contributed by atoms with van der Waals surface area (Å²) in [6, 6.07) is 15.1. The standard InChI is InChI=1S/C54H94O9Si2/c1-7-57-64(58-8-2,59-9-3)43-31-35-47-33-29-41-53(51(47)39-27-23-19-15-13-17-21-25-37-49-45-55-49)63-54-42-30-34-48(36-32-44-65(60-10-4,61-11-5)62-12-6)52(54)40-28-24-20-16-14-18-22-26-38-50-46-56-50/h29-30,33-34,41-42,49-50H,7-28,31-32,35-40,43-46H2,1-6H3. The van der Waals surface area contributed by atoms with E-state index in [1.54, 1.807) is 0 Å². The highest BCUT2D eigenvalue weighted by Gasteiger charge is 2.40. The molecule has 2 aromatic carbocycles. The average Bonchev–Trinajstić information content (AvgIpc) is 4.24. The number of aryl methyl sites for hydroxylation is 2. The lowest BCUT2D eigenvalue weighted by Crippen LogP contribution is -2.46. The monoisotopic (exact) mass is 943 g/mol. The Morgan fingerprint density at radius 2 is 0.708 bits per heavy atom. The molecule has 9 nitrogen and oxygen atoms in total. The second-order valence-corrected chi connectivity index (χ2v) is 23.7. The van der Waals surface area contributed by atoms with E-state index in [0.29, 0.717) is 51.8 Å². The smallest absolute Gasteiger partial charge is 0.457 e. The molecular weight excluding hydrogens is 849 g/mol. The number of rotatable bonds is 44. The van der Waals surface area contributed by atoms with Crippen LogP contribution >= 0.6 is 0 Å². The second kappa shape index (κ2) is 33.8. The first-order valence-corrected chi connectivity index (χ1v) is 30.8. The Balaban J connectivity index is 1.49. The van der Waals surface area contributed by atoms with Crippen LogP contribution in [0, 0.1) is 0 Å². The van der Waals surface area contributed by atoms with Crippen LogP contribution in [0.2, 0.25) is 12.1 Å². The maximum atomic E-state index is 7.21. The molecule has 65 heavy (non-hydrogen) atoms. The molecule has 2 aromatic rings. The van der Waals surface area contributed by atoms with Crippen LogP contribution in [0.5, 0.6) is 11.5 Å². The molecule has 4 rings (SSSR count). The van der Waals surface area contributed by atoms with Crippen LogP contribution in [0.1, 0.15) is 192 Å². The van der Waals surface area contributed by atoms with Crippen LogP contribution in [0.25, 0.3) is 0 Å². The third-order valence-electron chi connectivity index (χ3n) is 12.9. The first-order chi connectivity index (χ1) is 31.9. The van der Waals surface area contributed by atoms with E-state index >= 15 is 0 Å². The summed E-state index contributed by atoms with van der Waals surface area (Å²) in [5.41, 5.74) is 5.45. The van der Waals surface area contributed by atoms with Crippen molar-refractivity contribution in [3.63, 3.8) is 0 Å². The highest BCUT2D eigenvalue weighted by atomic mass is 28.4. The SMILES string of the molecule is CCO[Si](CCCc1cccc(Oc2cccc(CCC[Si](OCC)(OCC)OCC)c2CCCCCCCCCCC2CO2)c1CCCCCCCCCCC1CO1)(OCC)OCC. The highest BCUT2D eigenvalue weighted by molar-refractivity contribution is 6.61. The third-order valence-corrected chi connectivity index (χ3v) is 19.2. The van der Waals surface area contributed by atoms with Gasteiger partial charge in [-0.3, -0.25) is 0 Å². The Kier molecular flexibility index (Phi) is 29.1. The maximum absolute atomic E-state index is 7.21. The Morgan fingerprint density at radius 3 is 1.02 bits per heavy atom. The first-order valence-electron chi connectivity index (χ1n) is 26.9.